The van der Waals surface area contributed by atoms with E-state index < -0.39 is 5.82 Å². The molecule has 0 saturated heterocycles. The second kappa shape index (κ2) is 5.01. The van der Waals surface area contributed by atoms with Gasteiger partial charge in [0, 0.05) is 18.5 Å². The first-order valence-corrected chi connectivity index (χ1v) is 6.41. The SMILES string of the molecule is C[C@H]1CN(C(=O)c2nccnc2N)c2ccc(F)cc2O1. The van der Waals surface area contributed by atoms with E-state index in [1.807, 2.05) is 0 Å². The van der Waals surface area contributed by atoms with Gasteiger partial charge in [0.1, 0.15) is 17.7 Å². The van der Waals surface area contributed by atoms with Gasteiger partial charge in [-0.25, -0.2) is 14.4 Å². The van der Waals surface area contributed by atoms with Crippen LogP contribution in [0.5, 0.6) is 5.75 Å². The standard InChI is InChI=1S/C14H13FN4O2/c1-8-7-19(10-3-2-9(15)6-11(10)21-8)14(20)12-13(16)18-5-4-17-12/h2-6,8H,7H2,1H3,(H2,16,18)/t8-/m0/s1. The fourth-order valence-electron chi connectivity index (χ4n) is 2.25. The first kappa shape index (κ1) is 13.3. The van der Waals surface area contributed by atoms with Crippen LogP contribution in [0.1, 0.15) is 17.4 Å². The maximum atomic E-state index is 13.3. The second-order valence-corrected chi connectivity index (χ2v) is 4.75. The third-order valence-electron chi connectivity index (χ3n) is 3.15. The van der Waals surface area contributed by atoms with Gasteiger partial charge in [-0.3, -0.25) is 9.69 Å². The van der Waals surface area contributed by atoms with E-state index in [-0.39, 0.29) is 23.5 Å². The van der Waals surface area contributed by atoms with Crippen molar-refractivity contribution in [1.29, 1.82) is 0 Å². The molecule has 21 heavy (non-hydrogen) atoms. The van der Waals surface area contributed by atoms with Crippen LogP contribution in [0, 0.1) is 5.82 Å². The lowest BCUT2D eigenvalue weighted by Gasteiger charge is -2.33. The number of hydrogen-bond acceptors (Lipinski definition) is 5. The average molecular weight is 288 g/mol. The summed E-state index contributed by atoms with van der Waals surface area (Å²) in [6.45, 7) is 2.13. The average Bonchev–Trinajstić information content (AvgIpc) is 2.45. The number of nitrogen functional groups attached to an aromatic ring is 1. The number of carbonyl (C=O) groups excluding carboxylic acids is 1. The second-order valence-electron chi connectivity index (χ2n) is 4.75. The monoisotopic (exact) mass is 288 g/mol. The fraction of sp³-hybridized carbons (Fsp3) is 0.214. The van der Waals surface area contributed by atoms with Gasteiger partial charge in [-0.15, -0.1) is 0 Å². The number of anilines is 2. The lowest BCUT2D eigenvalue weighted by molar-refractivity contribution is 0.0956. The third-order valence-corrected chi connectivity index (χ3v) is 3.15. The van der Waals surface area contributed by atoms with Crippen molar-refractivity contribution in [2.45, 2.75) is 13.0 Å². The van der Waals surface area contributed by atoms with Crippen molar-refractivity contribution in [3.63, 3.8) is 0 Å². The Morgan fingerprint density at radius 2 is 2.19 bits per heavy atom. The number of rotatable bonds is 1. The number of nitrogens with two attached hydrogens (primary N) is 1. The normalized spacial score (nSPS) is 17.0. The van der Waals surface area contributed by atoms with E-state index in [1.54, 1.807) is 6.92 Å². The van der Waals surface area contributed by atoms with E-state index in [2.05, 4.69) is 9.97 Å². The summed E-state index contributed by atoms with van der Waals surface area (Å²) in [7, 11) is 0. The maximum absolute atomic E-state index is 13.3. The number of fused-ring (bicyclic) bond motifs is 1. The number of amides is 1. The molecular formula is C14H13FN4O2. The van der Waals surface area contributed by atoms with Crippen molar-refractivity contribution < 1.29 is 13.9 Å². The molecule has 7 heteroatoms. The van der Waals surface area contributed by atoms with Crippen molar-refractivity contribution in [3.8, 4) is 5.75 Å². The molecule has 6 nitrogen and oxygen atoms in total. The lowest BCUT2D eigenvalue weighted by Crippen LogP contribution is -2.43. The van der Waals surface area contributed by atoms with Gasteiger partial charge >= 0.3 is 0 Å². The highest BCUT2D eigenvalue weighted by Gasteiger charge is 2.30. The molecule has 0 unspecified atom stereocenters. The Bertz CT molecular complexity index is 707. The molecule has 1 atom stereocenters. The van der Waals surface area contributed by atoms with Crippen LogP contribution in [0.3, 0.4) is 0 Å². The van der Waals surface area contributed by atoms with Gasteiger partial charge in [0.05, 0.1) is 12.2 Å². The van der Waals surface area contributed by atoms with Gasteiger partial charge < -0.3 is 10.5 Å². The van der Waals surface area contributed by atoms with Gasteiger partial charge in [0.25, 0.3) is 5.91 Å². The van der Waals surface area contributed by atoms with Gasteiger partial charge in [0.15, 0.2) is 11.5 Å². The molecule has 1 aliphatic rings. The van der Waals surface area contributed by atoms with Crippen molar-refractivity contribution in [1.82, 2.24) is 9.97 Å². The summed E-state index contributed by atoms with van der Waals surface area (Å²) in [5, 5.41) is 0. The molecule has 0 aliphatic carbocycles. The minimum atomic E-state index is -0.422. The van der Waals surface area contributed by atoms with E-state index in [9.17, 15) is 9.18 Å². The largest absolute Gasteiger partial charge is 0.487 e. The molecule has 0 radical (unpaired) electrons. The Morgan fingerprint density at radius 1 is 1.43 bits per heavy atom. The van der Waals surface area contributed by atoms with Crippen LogP contribution in [0.2, 0.25) is 0 Å². The molecule has 3 rings (SSSR count). The van der Waals surface area contributed by atoms with Crippen LogP contribution in [0.15, 0.2) is 30.6 Å². The predicted octanol–water partition coefficient (Wildman–Crippen LogP) is 1.63. The van der Waals surface area contributed by atoms with E-state index in [0.717, 1.165) is 0 Å². The molecule has 0 spiro atoms. The van der Waals surface area contributed by atoms with Gasteiger partial charge in [-0.2, -0.15) is 0 Å². The molecular weight excluding hydrogens is 275 g/mol. The quantitative estimate of drug-likeness (QED) is 0.862. The molecule has 2 heterocycles. The highest BCUT2D eigenvalue weighted by Crippen LogP contribution is 2.34. The highest BCUT2D eigenvalue weighted by atomic mass is 19.1. The minimum absolute atomic E-state index is 0.0605. The summed E-state index contributed by atoms with van der Waals surface area (Å²) < 4.78 is 18.9. The van der Waals surface area contributed by atoms with Crippen molar-refractivity contribution >= 4 is 17.4 Å². The number of carbonyl (C=O) groups is 1. The van der Waals surface area contributed by atoms with E-state index in [0.29, 0.717) is 18.0 Å². The van der Waals surface area contributed by atoms with Gasteiger partial charge in [-0.1, -0.05) is 0 Å². The molecule has 0 bridgehead atoms. The van der Waals surface area contributed by atoms with E-state index in [4.69, 9.17) is 10.5 Å². The number of nitrogens with zero attached hydrogens (tertiary/aromatic N) is 3. The Morgan fingerprint density at radius 3 is 2.95 bits per heavy atom. The lowest BCUT2D eigenvalue weighted by atomic mass is 10.1. The smallest absolute Gasteiger partial charge is 0.280 e. The molecule has 2 aromatic rings. The van der Waals surface area contributed by atoms with Crippen LogP contribution in [0.4, 0.5) is 15.9 Å². The molecule has 108 valence electrons. The molecule has 1 aliphatic heterocycles. The number of halogens is 1. The number of aromatic nitrogens is 2. The van der Waals surface area contributed by atoms with Crippen LogP contribution >= 0.6 is 0 Å². The zero-order valence-electron chi connectivity index (χ0n) is 11.3. The maximum Gasteiger partial charge on any atom is 0.280 e. The number of benzene rings is 1. The molecule has 0 fully saturated rings. The third kappa shape index (κ3) is 2.37. The zero-order valence-corrected chi connectivity index (χ0v) is 11.3. The molecule has 0 saturated carbocycles. The molecule has 1 aromatic heterocycles. The number of hydrogen-bond donors (Lipinski definition) is 1. The Labute approximate surface area is 120 Å². The number of ether oxygens (including phenoxy) is 1. The van der Waals surface area contributed by atoms with E-state index >= 15 is 0 Å². The Kier molecular flexibility index (Phi) is 3.17. The Hall–Kier alpha value is -2.70. The predicted molar refractivity (Wildman–Crippen MR) is 74.6 cm³/mol. The van der Waals surface area contributed by atoms with Crippen molar-refractivity contribution in [2.75, 3.05) is 17.2 Å². The van der Waals surface area contributed by atoms with E-state index in [1.165, 1.54) is 35.5 Å². The van der Waals surface area contributed by atoms with Gasteiger partial charge in [-0.05, 0) is 19.1 Å². The first-order chi connectivity index (χ1) is 10.1. The van der Waals surface area contributed by atoms with Crippen LogP contribution in [-0.4, -0.2) is 28.5 Å². The minimum Gasteiger partial charge on any atom is -0.487 e. The Balaban J connectivity index is 2.04. The van der Waals surface area contributed by atoms with Crippen LogP contribution in [-0.2, 0) is 0 Å². The highest BCUT2D eigenvalue weighted by molar-refractivity contribution is 6.08. The summed E-state index contributed by atoms with van der Waals surface area (Å²) in [6, 6.07) is 4.03. The van der Waals surface area contributed by atoms with Crippen LogP contribution < -0.4 is 15.4 Å². The molecule has 1 amide bonds. The topological polar surface area (TPSA) is 81.3 Å². The summed E-state index contributed by atoms with van der Waals surface area (Å²) >= 11 is 0. The zero-order chi connectivity index (χ0) is 15.0. The first-order valence-electron chi connectivity index (χ1n) is 6.41. The summed E-state index contributed by atoms with van der Waals surface area (Å²) in [5.41, 5.74) is 6.26. The van der Waals surface area contributed by atoms with Crippen molar-refractivity contribution in [2.24, 2.45) is 0 Å². The summed E-state index contributed by atoms with van der Waals surface area (Å²) in [6.07, 6.45) is 2.55. The molecule has 2 N–H and O–H groups in total. The molecule has 1 aromatic carbocycles. The van der Waals surface area contributed by atoms with Gasteiger partial charge in [0.2, 0.25) is 0 Å². The summed E-state index contributed by atoms with van der Waals surface area (Å²) in [5.74, 6) is -0.423. The fourth-order valence-corrected chi connectivity index (χ4v) is 2.25. The van der Waals surface area contributed by atoms with Crippen molar-refractivity contribution in [3.05, 3.63) is 42.1 Å². The summed E-state index contributed by atoms with van der Waals surface area (Å²) in [4.78, 5) is 21.9. The van der Waals surface area contributed by atoms with Crippen LogP contribution in [0.25, 0.3) is 0 Å².